The Morgan fingerprint density at radius 3 is 2.83 bits per heavy atom. The number of carbonyl (C=O) groups is 1. The van der Waals surface area contributed by atoms with Crippen LogP contribution in [0.5, 0.6) is 5.75 Å². The van der Waals surface area contributed by atoms with Crippen molar-refractivity contribution in [2.75, 3.05) is 26.1 Å². The van der Waals surface area contributed by atoms with Crippen molar-refractivity contribution in [3.63, 3.8) is 0 Å². The van der Waals surface area contributed by atoms with Gasteiger partial charge in [-0.05, 0) is 17.7 Å². The van der Waals surface area contributed by atoms with E-state index in [-0.39, 0.29) is 6.54 Å². The maximum atomic E-state index is 11.5. The fraction of sp³-hybridized carbons (Fsp3) is 0.364. The first-order valence-corrected chi connectivity index (χ1v) is 5.21. The molecule has 1 aromatic carbocycles. The Morgan fingerprint density at radius 1 is 1.50 bits per heavy atom. The van der Waals surface area contributed by atoms with Gasteiger partial charge in [-0.3, -0.25) is 0 Å². The number of ether oxygens (including phenoxy) is 2. The summed E-state index contributed by atoms with van der Waals surface area (Å²) in [7, 11) is 2.80. The van der Waals surface area contributed by atoms with Crippen LogP contribution in [-0.2, 0) is 9.53 Å². The number of para-hydroxylation sites is 2. The molecule has 96 valence electrons. The number of nitrogens with zero attached hydrogens (tertiary/aromatic N) is 3. The van der Waals surface area contributed by atoms with Gasteiger partial charge in [-0.15, -0.1) is 0 Å². The molecule has 0 fully saturated rings. The van der Waals surface area contributed by atoms with Gasteiger partial charge < -0.3 is 14.8 Å². The number of esters is 1. The number of azide groups is 1. The zero-order chi connectivity index (χ0) is 13.4. The minimum absolute atomic E-state index is 0.0405. The molecule has 1 atom stereocenters. The molecule has 0 aromatic heterocycles. The average Bonchev–Trinajstić information content (AvgIpc) is 2.42. The van der Waals surface area contributed by atoms with Crippen molar-refractivity contribution in [3.05, 3.63) is 34.7 Å². The third kappa shape index (κ3) is 3.57. The predicted molar refractivity (Wildman–Crippen MR) is 66.4 cm³/mol. The highest BCUT2D eigenvalue weighted by Crippen LogP contribution is 2.23. The van der Waals surface area contributed by atoms with E-state index in [2.05, 4.69) is 20.1 Å². The van der Waals surface area contributed by atoms with Crippen LogP contribution in [0.15, 0.2) is 29.4 Å². The summed E-state index contributed by atoms with van der Waals surface area (Å²) in [6, 6.07) is 6.37. The third-order valence-corrected chi connectivity index (χ3v) is 2.25. The van der Waals surface area contributed by atoms with Crippen LogP contribution in [0.4, 0.5) is 5.69 Å². The van der Waals surface area contributed by atoms with Gasteiger partial charge in [0, 0.05) is 4.91 Å². The normalized spacial score (nSPS) is 11.0. The topological polar surface area (TPSA) is 96.3 Å². The number of hydrogen-bond acceptors (Lipinski definition) is 5. The lowest BCUT2D eigenvalue weighted by molar-refractivity contribution is -0.141. The zero-order valence-electron chi connectivity index (χ0n) is 10.2. The van der Waals surface area contributed by atoms with Crippen molar-refractivity contribution in [1.82, 2.24) is 0 Å². The SMILES string of the molecule is COC(=O)C(CN=[N+]=[N-])Nc1ccccc1OC. The number of anilines is 1. The van der Waals surface area contributed by atoms with E-state index in [0.29, 0.717) is 11.4 Å². The Labute approximate surface area is 104 Å². The van der Waals surface area contributed by atoms with Crippen molar-refractivity contribution in [1.29, 1.82) is 0 Å². The van der Waals surface area contributed by atoms with E-state index in [0.717, 1.165) is 0 Å². The van der Waals surface area contributed by atoms with Gasteiger partial charge in [0.05, 0.1) is 26.5 Å². The Bertz CT molecular complexity index is 457. The number of hydrogen-bond donors (Lipinski definition) is 1. The van der Waals surface area contributed by atoms with Crippen molar-refractivity contribution < 1.29 is 14.3 Å². The van der Waals surface area contributed by atoms with Gasteiger partial charge in [0.1, 0.15) is 11.8 Å². The Balaban J connectivity index is 2.87. The molecule has 0 aliphatic carbocycles. The maximum absolute atomic E-state index is 11.5. The van der Waals surface area contributed by atoms with Crippen molar-refractivity contribution in [3.8, 4) is 5.75 Å². The standard InChI is InChI=1S/C11H14N4O3/c1-17-10-6-4-3-5-8(10)14-9(7-13-15-12)11(16)18-2/h3-6,9,14H,7H2,1-2H3. The van der Waals surface area contributed by atoms with E-state index in [1.54, 1.807) is 18.2 Å². The van der Waals surface area contributed by atoms with Gasteiger partial charge >= 0.3 is 5.97 Å². The highest BCUT2D eigenvalue weighted by molar-refractivity contribution is 5.80. The molecule has 0 spiro atoms. The van der Waals surface area contributed by atoms with Gasteiger partial charge in [-0.1, -0.05) is 17.2 Å². The molecule has 1 N–H and O–H groups in total. The lowest BCUT2D eigenvalue weighted by Crippen LogP contribution is -2.33. The summed E-state index contributed by atoms with van der Waals surface area (Å²) < 4.78 is 9.78. The summed E-state index contributed by atoms with van der Waals surface area (Å²) in [5.41, 5.74) is 8.92. The van der Waals surface area contributed by atoms with Crippen LogP contribution in [-0.4, -0.2) is 32.8 Å². The molecule has 1 rings (SSSR count). The van der Waals surface area contributed by atoms with Crippen molar-refractivity contribution in [2.45, 2.75) is 6.04 Å². The first-order chi connectivity index (χ1) is 8.72. The minimum atomic E-state index is -0.748. The molecule has 0 bridgehead atoms. The molecule has 0 saturated heterocycles. The lowest BCUT2D eigenvalue weighted by Gasteiger charge is -2.17. The van der Waals surface area contributed by atoms with Crippen LogP contribution < -0.4 is 10.1 Å². The van der Waals surface area contributed by atoms with E-state index in [1.807, 2.05) is 6.07 Å². The number of benzene rings is 1. The molecule has 0 aliphatic rings. The first kappa shape index (κ1) is 13.7. The van der Waals surface area contributed by atoms with E-state index in [1.165, 1.54) is 14.2 Å². The van der Waals surface area contributed by atoms with E-state index < -0.39 is 12.0 Å². The minimum Gasteiger partial charge on any atom is -0.495 e. The predicted octanol–water partition coefficient (Wildman–Crippen LogP) is 1.96. The van der Waals surface area contributed by atoms with Crippen molar-refractivity contribution in [2.24, 2.45) is 5.11 Å². The molecule has 0 radical (unpaired) electrons. The Morgan fingerprint density at radius 2 is 2.22 bits per heavy atom. The second-order valence-corrected chi connectivity index (χ2v) is 3.33. The molecule has 0 saturated carbocycles. The molecule has 7 heteroatoms. The largest absolute Gasteiger partial charge is 0.495 e. The summed E-state index contributed by atoms with van der Waals surface area (Å²) in [4.78, 5) is 14.1. The van der Waals surface area contributed by atoms with Gasteiger partial charge in [-0.25, -0.2) is 4.79 Å². The monoisotopic (exact) mass is 250 g/mol. The fourth-order valence-electron chi connectivity index (χ4n) is 1.39. The lowest BCUT2D eigenvalue weighted by atomic mass is 10.2. The smallest absolute Gasteiger partial charge is 0.328 e. The quantitative estimate of drug-likeness (QED) is 0.361. The fourth-order valence-corrected chi connectivity index (χ4v) is 1.39. The van der Waals surface area contributed by atoms with Crippen LogP contribution in [0.25, 0.3) is 10.4 Å². The van der Waals surface area contributed by atoms with Crippen LogP contribution >= 0.6 is 0 Å². The van der Waals surface area contributed by atoms with Gasteiger partial charge in [0.2, 0.25) is 0 Å². The third-order valence-electron chi connectivity index (χ3n) is 2.25. The van der Waals surface area contributed by atoms with Crippen molar-refractivity contribution >= 4 is 11.7 Å². The maximum Gasteiger partial charge on any atom is 0.328 e. The number of nitrogens with one attached hydrogen (secondary N) is 1. The van der Waals surface area contributed by atoms with E-state index in [4.69, 9.17) is 10.3 Å². The highest BCUT2D eigenvalue weighted by atomic mass is 16.5. The van der Waals surface area contributed by atoms with Crippen LogP contribution in [0.2, 0.25) is 0 Å². The Kier molecular flexibility index (Phi) is 5.34. The number of rotatable bonds is 6. The van der Waals surface area contributed by atoms with Gasteiger partial charge in [-0.2, -0.15) is 0 Å². The zero-order valence-corrected chi connectivity index (χ0v) is 10.2. The number of methoxy groups -OCH3 is 2. The summed E-state index contributed by atoms with van der Waals surface area (Å²) in [5, 5.41) is 6.29. The summed E-state index contributed by atoms with van der Waals surface area (Å²) in [6.07, 6.45) is 0. The summed E-state index contributed by atoms with van der Waals surface area (Å²) >= 11 is 0. The molecule has 0 amide bonds. The Hall–Kier alpha value is -2.40. The van der Waals surface area contributed by atoms with Crippen LogP contribution in [0.3, 0.4) is 0 Å². The van der Waals surface area contributed by atoms with Crippen LogP contribution in [0.1, 0.15) is 0 Å². The highest BCUT2D eigenvalue weighted by Gasteiger charge is 2.19. The molecule has 1 aromatic rings. The van der Waals surface area contributed by atoms with Crippen LogP contribution in [0, 0.1) is 0 Å². The molecular weight excluding hydrogens is 236 g/mol. The van der Waals surface area contributed by atoms with Gasteiger partial charge in [0.15, 0.2) is 0 Å². The molecule has 1 unspecified atom stereocenters. The van der Waals surface area contributed by atoms with E-state index >= 15 is 0 Å². The molecule has 0 heterocycles. The second kappa shape index (κ2) is 7.03. The van der Waals surface area contributed by atoms with Gasteiger partial charge in [0.25, 0.3) is 0 Å². The average molecular weight is 250 g/mol. The van der Waals surface area contributed by atoms with E-state index in [9.17, 15) is 4.79 Å². The first-order valence-electron chi connectivity index (χ1n) is 5.21. The summed E-state index contributed by atoms with van der Waals surface area (Å²) in [6.45, 7) is -0.0405. The second-order valence-electron chi connectivity index (χ2n) is 3.33. The molecule has 0 aliphatic heterocycles. The summed E-state index contributed by atoms with van der Waals surface area (Å²) in [5.74, 6) is 0.0839. The molecular formula is C11H14N4O3. The molecule has 7 nitrogen and oxygen atoms in total. The number of carbonyl (C=O) groups excluding carboxylic acids is 1. The molecule has 18 heavy (non-hydrogen) atoms.